The summed E-state index contributed by atoms with van der Waals surface area (Å²) < 4.78 is 0. The minimum Gasteiger partial charge on any atom is -0.339 e. The molecule has 138 valence electrons. The average molecular weight is 372 g/mol. The lowest BCUT2D eigenvalue weighted by Gasteiger charge is -2.18. The minimum absolute atomic E-state index is 0.0453. The van der Waals surface area contributed by atoms with E-state index in [1.54, 1.807) is 6.20 Å². The molecule has 0 radical (unpaired) electrons. The number of benzene rings is 1. The Hall–Kier alpha value is -2.21. The molecule has 1 N–H and O–H groups in total. The van der Waals surface area contributed by atoms with Gasteiger partial charge in [0.1, 0.15) is 4.88 Å². The maximum atomic E-state index is 12.7. The average Bonchev–Trinajstić information content (AvgIpc) is 3.27. The Balaban J connectivity index is 1.79. The quantitative estimate of drug-likeness (QED) is 0.878. The highest BCUT2D eigenvalue weighted by Gasteiger charge is 2.23. The lowest BCUT2D eigenvalue weighted by Crippen LogP contribution is -2.28. The normalized spacial score (nSPS) is 14.5. The molecule has 0 aliphatic carbocycles. The number of aromatic nitrogens is 1. The number of rotatable bonds is 3. The second-order valence-electron chi connectivity index (χ2n) is 7.71. The number of hydrogen-bond acceptors (Lipinski definition) is 4. The van der Waals surface area contributed by atoms with E-state index in [1.807, 2.05) is 30.0 Å². The van der Waals surface area contributed by atoms with Crippen LogP contribution in [0.5, 0.6) is 0 Å². The van der Waals surface area contributed by atoms with E-state index in [0.29, 0.717) is 16.1 Å². The summed E-state index contributed by atoms with van der Waals surface area (Å²) in [5, 5.41) is 3.87. The molecule has 1 aromatic carbocycles. The Kier molecular flexibility index (Phi) is 5.14. The van der Waals surface area contributed by atoms with Gasteiger partial charge in [-0.2, -0.15) is 0 Å². The summed E-state index contributed by atoms with van der Waals surface area (Å²) in [4.78, 5) is 32.1. The van der Waals surface area contributed by atoms with E-state index < -0.39 is 0 Å². The van der Waals surface area contributed by atoms with Gasteiger partial charge in [0, 0.05) is 29.8 Å². The molecule has 0 unspecified atom stereocenters. The first-order valence-corrected chi connectivity index (χ1v) is 9.75. The van der Waals surface area contributed by atoms with E-state index in [0.717, 1.165) is 36.5 Å². The second-order valence-corrected chi connectivity index (χ2v) is 8.74. The third-order valence-corrected chi connectivity index (χ3v) is 6.00. The van der Waals surface area contributed by atoms with Crippen LogP contribution in [-0.4, -0.2) is 34.8 Å². The largest absolute Gasteiger partial charge is 0.339 e. The van der Waals surface area contributed by atoms with E-state index in [4.69, 9.17) is 0 Å². The van der Waals surface area contributed by atoms with Crippen molar-refractivity contribution in [1.29, 1.82) is 0 Å². The Bertz CT molecular complexity index is 830. The van der Waals surface area contributed by atoms with Crippen LogP contribution in [0.2, 0.25) is 0 Å². The Morgan fingerprint density at radius 1 is 1.19 bits per heavy atom. The number of carbonyl (C=O) groups is 2. The first-order valence-electron chi connectivity index (χ1n) is 8.94. The third-order valence-electron chi connectivity index (χ3n) is 4.58. The maximum Gasteiger partial charge on any atom is 0.267 e. The Labute approximate surface area is 158 Å². The molecule has 1 aliphatic rings. The smallest absolute Gasteiger partial charge is 0.267 e. The van der Waals surface area contributed by atoms with Gasteiger partial charge in [0.2, 0.25) is 0 Å². The van der Waals surface area contributed by atoms with E-state index in [1.165, 1.54) is 11.3 Å². The molecule has 1 aromatic heterocycles. The van der Waals surface area contributed by atoms with Gasteiger partial charge in [-0.25, -0.2) is 4.98 Å². The van der Waals surface area contributed by atoms with Gasteiger partial charge < -0.3 is 10.2 Å². The van der Waals surface area contributed by atoms with Crippen LogP contribution in [0.3, 0.4) is 0 Å². The summed E-state index contributed by atoms with van der Waals surface area (Å²) in [5.41, 5.74) is 2.05. The number of thiazole rings is 1. The van der Waals surface area contributed by atoms with Crippen LogP contribution in [0.1, 0.15) is 64.2 Å². The van der Waals surface area contributed by atoms with Crippen LogP contribution >= 0.6 is 11.3 Å². The van der Waals surface area contributed by atoms with Crippen molar-refractivity contribution in [2.45, 2.75) is 46.0 Å². The molecule has 0 atom stereocenters. The zero-order chi connectivity index (χ0) is 18.9. The van der Waals surface area contributed by atoms with Crippen LogP contribution in [0.15, 0.2) is 24.4 Å². The fraction of sp³-hybridized carbons (Fsp3) is 0.450. The lowest BCUT2D eigenvalue weighted by atomic mass is 9.98. The summed E-state index contributed by atoms with van der Waals surface area (Å²) in [5.74, 6) is -0.143. The Morgan fingerprint density at radius 2 is 1.88 bits per heavy atom. The predicted octanol–water partition coefficient (Wildman–Crippen LogP) is 4.24. The van der Waals surface area contributed by atoms with Gasteiger partial charge in [-0.1, -0.05) is 26.8 Å². The zero-order valence-corrected chi connectivity index (χ0v) is 16.6. The summed E-state index contributed by atoms with van der Waals surface area (Å²) in [7, 11) is 0. The van der Waals surface area contributed by atoms with Crippen LogP contribution in [-0.2, 0) is 5.41 Å². The van der Waals surface area contributed by atoms with Gasteiger partial charge >= 0.3 is 0 Å². The van der Waals surface area contributed by atoms with E-state index in [-0.39, 0.29) is 17.2 Å². The van der Waals surface area contributed by atoms with Gasteiger partial charge in [-0.05, 0) is 37.5 Å². The molecule has 2 amide bonds. The molecular formula is C20H25N3O2S. The number of carbonyl (C=O) groups excluding carboxylic acids is 2. The number of nitrogens with zero attached hydrogens (tertiary/aromatic N) is 2. The van der Waals surface area contributed by atoms with Crippen molar-refractivity contribution in [3.05, 3.63) is 45.4 Å². The van der Waals surface area contributed by atoms with Crippen LogP contribution in [0.25, 0.3) is 0 Å². The number of nitrogens with one attached hydrogen (secondary N) is 1. The van der Waals surface area contributed by atoms with Gasteiger partial charge in [-0.3, -0.25) is 9.59 Å². The standard InChI is InChI=1S/C20H25N3O2S/c1-13-14(18(25)23-10-5-6-11-23)8-7-9-15(13)22-17(24)16-12-21-19(26-16)20(2,3)4/h7-9,12H,5-6,10-11H2,1-4H3,(H,22,24). The molecule has 0 spiro atoms. The first-order chi connectivity index (χ1) is 12.3. The zero-order valence-electron chi connectivity index (χ0n) is 15.8. The molecule has 5 nitrogen and oxygen atoms in total. The number of hydrogen-bond donors (Lipinski definition) is 1. The molecule has 0 bridgehead atoms. The molecule has 6 heteroatoms. The highest BCUT2D eigenvalue weighted by Crippen LogP contribution is 2.28. The molecule has 1 saturated heterocycles. The third kappa shape index (κ3) is 3.80. The van der Waals surface area contributed by atoms with E-state index in [9.17, 15) is 9.59 Å². The van der Waals surface area contributed by atoms with Crippen molar-refractivity contribution in [3.8, 4) is 0 Å². The first kappa shape index (κ1) is 18.6. The summed E-state index contributed by atoms with van der Waals surface area (Å²) in [6, 6.07) is 5.48. The number of anilines is 1. The van der Waals surface area contributed by atoms with Crippen molar-refractivity contribution in [2.24, 2.45) is 0 Å². The molecule has 1 fully saturated rings. The van der Waals surface area contributed by atoms with Gasteiger partial charge in [-0.15, -0.1) is 11.3 Å². The fourth-order valence-corrected chi connectivity index (χ4v) is 3.87. The number of amides is 2. The highest BCUT2D eigenvalue weighted by molar-refractivity contribution is 7.13. The van der Waals surface area contributed by atoms with Gasteiger partial charge in [0.25, 0.3) is 11.8 Å². The van der Waals surface area contributed by atoms with Crippen LogP contribution < -0.4 is 5.32 Å². The molecule has 0 saturated carbocycles. The molecule has 26 heavy (non-hydrogen) atoms. The SMILES string of the molecule is Cc1c(NC(=O)c2cnc(C(C)(C)C)s2)cccc1C(=O)N1CCCC1. The van der Waals surface area contributed by atoms with E-state index in [2.05, 4.69) is 31.1 Å². The minimum atomic E-state index is -0.188. The van der Waals surface area contributed by atoms with Crippen LogP contribution in [0, 0.1) is 6.92 Å². The molecule has 1 aliphatic heterocycles. The summed E-state index contributed by atoms with van der Waals surface area (Å²) >= 11 is 1.41. The molecule has 2 heterocycles. The van der Waals surface area contributed by atoms with Gasteiger partial charge in [0.15, 0.2) is 0 Å². The summed E-state index contributed by atoms with van der Waals surface area (Å²) in [6.45, 7) is 9.73. The van der Waals surface area contributed by atoms with Crippen molar-refractivity contribution in [1.82, 2.24) is 9.88 Å². The Morgan fingerprint density at radius 3 is 2.50 bits per heavy atom. The molecule has 3 rings (SSSR count). The van der Waals surface area contributed by atoms with Crippen molar-refractivity contribution < 1.29 is 9.59 Å². The van der Waals surface area contributed by atoms with Crippen molar-refractivity contribution >= 4 is 28.8 Å². The lowest BCUT2D eigenvalue weighted by molar-refractivity contribution is 0.0791. The van der Waals surface area contributed by atoms with E-state index >= 15 is 0 Å². The molecule has 2 aromatic rings. The topological polar surface area (TPSA) is 62.3 Å². The van der Waals surface area contributed by atoms with Crippen molar-refractivity contribution in [3.63, 3.8) is 0 Å². The monoisotopic (exact) mass is 371 g/mol. The fourth-order valence-electron chi connectivity index (χ4n) is 3.00. The van der Waals surface area contributed by atoms with Crippen LogP contribution in [0.4, 0.5) is 5.69 Å². The predicted molar refractivity (Wildman–Crippen MR) is 105 cm³/mol. The second kappa shape index (κ2) is 7.19. The van der Waals surface area contributed by atoms with Crippen molar-refractivity contribution in [2.75, 3.05) is 18.4 Å². The molecular weight excluding hydrogens is 346 g/mol. The van der Waals surface area contributed by atoms with Gasteiger partial charge in [0.05, 0.1) is 11.2 Å². The highest BCUT2D eigenvalue weighted by atomic mass is 32.1. The maximum absolute atomic E-state index is 12.7. The number of likely N-dealkylation sites (tertiary alicyclic amines) is 1. The summed E-state index contributed by atoms with van der Waals surface area (Å²) in [6.07, 6.45) is 3.74.